The summed E-state index contributed by atoms with van der Waals surface area (Å²) in [6.07, 6.45) is 0. The Morgan fingerprint density at radius 3 is 2.40 bits per heavy atom. The van der Waals surface area contributed by atoms with E-state index in [0.29, 0.717) is 29.1 Å². The molecule has 25 heavy (non-hydrogen) atoms. The van der Waals surface area contributed by atoms with E-state index in [1.165, 1.54) is 4.90 Å². The second kappa shape index (κ2) is 11.6. The third-order valence-corrected chi connectivity index (χ3v) is 3.92. The first kappa shape index (κ1) is 24.0. The maximum Gasteiger partial charge on any atom is 0.243 e. The van der Waals surface area contributed by atoms with Crippen molar-refractivity contribution in [2.45, 2.75) is 13.5 Å². The van der Waals surface area contributed by atoms with Crippen molar-refractivity contribution in [1.29, 1.82) is 0 Å². The molecule has 0 unspecified atom stereocenters. The van der Waals surface area contributed by atoms with Gasteiger partial charge in [0.15, 0.2) is 5.96 Å². The molecule has 0 fully saturated rings. The van der Waals surface area contributed by atoms with Gasteiger partial charge in [-0.25, -0.2) is 4.99 Å². The molecule has 0 heterocycles. The third-order valence-electron chi connectivity index (χ3n) is 3.18. The van der Waals surface area contributed by atoms with E-state index in [1.807, 2.05) is 31.0 Å². The van der Waals surface area contributed by atoms with Crippen LogP contribution in [0.15, 0.2) is 35.3 Å². The highest BCUT2D eigenvalue weighted by atomic mass is 127. The highest BCUT2D eigenvalue weighted by molar-refractivity contribution is 14.0. The first-order valence-electron chi connectivity index (χ1n) is 7.48. The number of carbonyl (C=O) groups excluding carboxylic acids is 1. The van der Waals surface area contributed by atoms with Gasteiger partial charge in [-0.3, -0.25) is 4.79 Å². The van der Waals surface area contributed by atoms with Crippen LogP contribution in [-0.2, 0) is 11.3 Å². The SMILES string of the molecule is C=C(C)CNC(=NCC(=O)N(C)C)N(C)Cc1ccc(Cl)c(Cl)c1.I. The van der Waals surface area contributed by atoms with Gasteiger partial charge in [-0.05, 0) is 24.6 Å². The number of nitrogens with zero attached hydrogens (tertiary/aromatic N) is 3. The molecule has 1 rings (SSSR count). The number of likely N-dealkylation sites (N-methyl/N-ethyl adjacent to an activating group) is 1. The van der Waals surface area contributed by atoms with Crippen LogP contribution in [0.4, 0.5) is 0 Å². The Balaban J connectivity index is 0.00000576. The number of nitrogens with one attached hydrogen (secondary N) is 1. The zero-order valence-corrected chi connectivity index (χ0v) is 18.8. The summed E-state index contributed by atoms with van der Waals surface area (Å²) in [4.78, 5) is 19.6. The number of aliphatic imine (C=N–C) groups is 1. The average Bonchev–Trinajstić information content (AvgIpc) is 2.50. The van der Waals surface area contributed by atoms with Crippen LogP contribution in [0.1, 0.15) is 12.5 Å². The number of benzene rings is 1. The molecule has 0 aliphatic carbocycles. The van der Waals surface area contributed by atoms with Crippen LogP contribution >= 0.6 is 47.2 Å². The van der Waals surface area contributed by atoms with Crippen molar-refractivity contribution in [3.8, 4) is 0 Å². The van der Waals surface area contributed by atoms with Gasteiger partial charge in [0.1, 0.15) is 6.54 Å². The van der Waals surface area contributed by atoms with E-state index in [-0.39, 0.29) is 36.4 Å². The van der Waals surface area contributed by atoms with E-state index in [1.54, 1.807) is 20.2 Å². The van der Waals surface area contributed by atoms with Gasteiger partial charge in [0.05, 0.1) is 10.0 Å². The summed E-state index contributed by atoms with van der Waals surface area (Å²) >= 11 is 12.0. The average molecular weight is 499 g/mol. The van der Waals surface area contributed by atoms with Gasteiger partial charge in [-0.2, -0.15) is 0 Å². The molecule has 1 aromatic rings. The van der Waals surface area contributed by atoms with Gasteiger partial charge in [0.2, 0.25) is 5.91 Å². The van der Waals surface area contributed by atoms with Crippen LogP contribution in [0.3, 0.4) is 0 Å². The molecule has 0 aliphatic heterocycles. The van der Waals surface area contributed by atoms with Gasteiger partial charge in [0, 0.05) is 34.2 Å². The molecule has 0 saturated carbocycles. The van der Waals surface area contributed by atoms with E-state index in [2.05, 4.69) is 16.9 Å². The van der Waals surface area contributed by atoms with Crippen LogP contribution in [-0.4, -0.2) is 55.9 Å². The summed E-state index contributed by atoms with van der Waals surface area (Å²) in [5.41, 5.74) is 1.97. The molecule has 0 aromatic heterocycles. The minimum atomic E-state index is -0.0624. The lowest BCUT2D eigenvalue weighted by Crippen LogP contribution is -2.40. The first-order chi connectivity index (χ1) is 11.2. The van der Waals surface area contributed by atoms with Crippen molar-refractivity contribution in [3.05, 3.63) is 46.0 Å². The normalized spacial score (nSPS) is 10.7. The first-order valence-corrected chi connectivity index (χ1v) is 8.24. The van der Waals surface area contributed by atoms with Crippen molar-refractivity contribution >= 4 is 59.0 Å². The van der Waals surface area contributed by atoms with Crippen molar-refractivity contribution in [2.75, 3.05) is 34.2 Å². The number of halogens is 3. The zero-order chi connectivity index (χ0) is 18.3. The molecular weight excluding hydrogens is 474 g/mol. The van der Waals surface area contributed by atoms with Crippen molar-refractivity contribution < 1.29 is 4.79 Å². The predicted molar refractivity (Wildman–Crippen MR) is 117 cm³/mol. The number of hydrogen-bond donors (Lipinski definition) is 1. The fraction of sp³-hybridized carbons (Fsp3) is 0.412. The lowest BCUT2D eigenvalue weighted by atomic mass is 10.2. The van der Waals surface area contributed by atoms with E-state index in [0.717, 1.165) is 11.1 Å². The van der Waals surface area contributed by atoms with Crippen molar-refractivity contribution in [2.24, 2.45) is 4.99 Å². The maximum atomic E-state index is 11.8. The molecule has 0 saturated heterocycles. The summed E-state index contributed by atoms with van der Waals surface area (Å²) in [7, 11) is 5.31. The molecular formula is C17H25Cl2IN4O. The van der Waals surface area contributed by atoms with Crippen LogP contribution in [0.25, 0.3) is 0 Å². The fourth-order valence-corrected chi connectivity index (χ4v) is 2.13. The van der Waals surface area contributed by atoms with E-state index in [9.17, 15) is 4.79 Å². The Morgan fingerprint density at radius 2 is 1.88 bits per heavy atom. The van der Waals surface area contributed by atoms with E-state index >= 15 is 0 Å². The zero-order valence-electron chi connectivity index (χ0n) is 15.0. The lowest BCUT2D eigenvalue weighted by molar-refractivity contribution is -0.127. The summed E-state index contributed by atoms with van der Waals surface area (Å²) < 4.78 is 0. The summed E-state index contributed by atoms with van der Waals surface area (Å²) in [6, 6.07) is 5.49. The van der Waals surface area contributed by atoms with Gasteiger partial charge in [0.25, 0.3) is 0 Å². The summed E-state index contributed by atoms with van der Waals surface area (Å²) in [5, 5.41) is 4.24. The molecule has 0 aliphatic rings. The molecule has 1 amide bonds. The van der Waals surface area contributed by atoms with Gasteiger partial charge >= 0.3 is 0 Å². The molecule has 0 spiro atoms. The van der Waals surface area contributed by atoms with Crippen LogP contribution in [0.5, 0.6) is 0 Å². The number of amides is 1. The summed E-state index contributed by atoms with van der Waals surface area (Å²) in [6.45, 7) is 7.04. The molecule has 0 bridgehead atoms. The number of hydrogen-bond acceptors (Lipinski definition) is 2. The minimum absolute atomic E-state index is 0. The van der Waals surface area contributed by atoms with Crippen LogP contribution in [0, 0.1) is 0 Å². The molecule has 1 aromatic carbocycles. The monoisotopic (exact) mass is 498 g/mol. The fourth-order valence-electron chi connectivity index (χ4n) is 1.81. The Labute approximate surface area is 177 Å². The Hall–Kier alpha value is -0.990. The minimum Gasteiger partial charge on any atom is -0.353 e. The molecule has 0 atom stereocenters. The molecule has 140 valence electrons. The Morgan fingerprint density at radius 1 is 1.24 bits per heavy atom. The number of rotatable bonds is 6. The lowest BCUT2D eigenvalue weighted by Gasteiger charge is -2.23. The van der Waals surface area contributed by atoms with E-state index < -0.39 is 0 Å². The van der Waals surface area contributed by atoms with Crippen LogP contribution in [0.2, 0.25) is 10.0 Å². The highest BCUT2D eigenvalue weighted by Gasteiger charge is 2.10. The predicted octanol–water partition coefficient (Wildman–Crippen LogP) is 3.65. The smallest absolute Gasteiger partial charge is 0.243 e. The second-order valence-corrected chi connectivity index (χ2v) is 6.66. The number of carbonyl (C=O) groups is 1. The van der Waals surface area contributed by atoms with Gasteiger partial charge < -0.3 is 15.1 Å². The quantitative estimate of drug-likeness (QED) is 0.282. The molecule has 5 nitrogen and oxygen atoms in total. The largest absolute Gasteiger partial charge is 0.353 e. The maximum absolute atomic E-state index is 11.8. The molecule has 0 radical (unpaired) electrons. The Kier molecular flexibility index (Phi) is 11.1. The summed E-state index contributed by atoms with van der Waals surface area (Å²) in [5.74, 6) is 0.562. The van der Waals surface area contributed by atoms with Gasteiger partial charge in [-0.1, -0.05) is 41.4 Å². The number of guanidine groups is 1. The topological polar surface area (TPSA) is 47.9 Å². The van der Waals surface area contributed by atoms with Crippen molar-refractivity contribution in [3.63, 3.8) is 0 Å². The van der Waals surface area contributed by atoms with Crippen molar-refractivity contribution in [1.82, 2.24) is 15.1 Å². The second-order valence-electron chi connectivity index (χ2n) is 5.84. The standard InChI is InChI=1S/C17H24Cl2N4O.HI/c1-12(2)9-20-17(21-10-16(24)22(3)4)23(5)11-13-6-7-14(18)15(19)8-13;/h6-8H,1,9-11H2,2-5H3,(H,20,21);1H. The highest BCUT2D eigenvalue weighted by Crippen LogP contribution is 2.23. The third kappa shape index (κ3) is 8.78. The molecule has 8 heteroatoms. The molecule has 1 N–H and O–H groups in total. The van der Waals surface area contributed by atoms with Gasteiger partial charge in [-0.15, -0.1) is 24.0 Å². The van der Waals surface area contributed by atoms with E-state index in [4.69, 9.17) is 23.2 Å². The van der Waals surface area contributed by atoms with Crippen LogP contribution < -0.4 is 5.32 Å². The Bertz CT molecular complexity index is 635.